The summed E-state index contributed by atoms with van der Waals surface area (Å²) in [6.45, 7) is 4.82. The number of anilines is 1. The van der Waals surface area contributed by atoms with Crippen molar-refractivity contribution in [3.8, 4) is 5.75 Å². The quantitative estimate of drug-likeness (QED) is 0.627. The van der Waals surface area contributed by atoms with Crippen molar-refractivity contribution in [3.05, 3.63) is 65.9 Å². The van der Waals surface area contributed by atoms with E-state index < -0.39 is 0 Å². The second-order valence-electron chi connectivity index (χ2n) is 8.10. The van der Waals surface area contributed by atoms with E-state index in [9.17, 15) is 4.79 Å². The van der Waals surface area contributed by atoms with E-state index in [1.165, 1.54) is 30.5 Å². The van der Waals surface area contributed by atoms with Gasteiger partial charge in [-0.3, -0.25) is 9.69 Å². The van der Waals surface area contributed by atoms with Crippen molar-refractivity contribution in [1.29, 1.82) is 0 Å². The second-order valence-corrected chi connectivity index (χ2v) is 8.10. The standard InChI is InChI=1S/C25H27N3O2/c1-2-30-21-8-5-17(6-9-21)25(29)27-19-7-10-24-22(15-19)23(16-26-24)18-11-13-28-12-3-4-20(28)14-18/h5-11,15-16,20,26H,2-4,12-14H2,1H3,(H,27,29). The lowest BCUT2D eigenvalue weighted by molar-refractivity contribution is 0.102. The lowest BCUT2D eigenvalue weighted by Crippen LogP contribution is -2.32. The third-order valence-corrected chi connectivity index (χ3v) is 6.24. The van der Waals surface area contributed by atoms with Gasteiger partial charge in [-0.05, 0) is 80.8 Å². The van der Waals surface area contributed by atoms with Crippen LogP contribution in [-0.4, -0.2) is 41.5 Å². The summed E-state index contributed by atoms with van der Waals surface area (Å²) in [6.07, 6.45) is 8.19. The Morgan fingerprint density at radius 2 is 2.10 bits per heavy atom. The van der Waals surface area contributed by atoms with E-state index in [0.717, 1.165) is 35.3 Å². The zero-order valence-electron chi connectivity index (χ0n) is 17.3. The fraction of sp³-hybridized carbons (Fsp3) is 0.320. The van der Waals surface area contributed by atoms with Crippen LogP contribution < -0.4 is 10.1 Å². The van der Waals surface area contributed by atoms with Crippen LogP contribution >= 0.6 is 0 Å². The number of H-pyrrole nitrogens is 1. The van der Waals surface area contributed by atoms with Gasteiger partial charge in [0.15, 0.2) is 0 Å². The lowest BCUT2D eigenvalue weighted by Gasteiger charge is -2.29. The number of carbonyl (C=O) groups is 1. The van der Waals surface area contributed by atoms with Gasteiger partial charge in [0.1, 0.15) is 5.75 Å². The van der Waals surface area contributed by atoms with Crippen LogP contribution in [0.4, 0.5) is 5.69 Å². The maximum Gasteiger partial charge on any atom is 0.255 e. The third-order valence-electron chi connectivity index (χ3n) is 6.24. The first kappa shape index (κ1) is 18.9. The summed E-state index contributed by atoms with van der Waals surface area (Å²) in [5.74, 6) is 0.655. The van der Waals surface area contributed by atoms with E-state index >= 15 is 0 Å². The molecule has 30 heavy (non-hydrogen) atoms. The van der Waals surface area contributed by atoms with Crippen LogP contribution in [0.3, 0.4) is 0 Å². The van der Waals surface area contributed by atoms with Crippen molar-refractivity contribution in [3.63, 3.8) is 0 Å². The Labute approximate surface area is 176 Å². The van der Waals surface area contributed by atoms with E-state index in [2.05, 4.69) is 33.5 Å². The first-order chi connectivity index (χ1) is 14.7. The first-order valence-corrected chi connectivity index (χ1v) is 10.8. The molecule has 2 aromatic carbocycles. The number of benzene rings is 2. The summed E-state index contributed by atoms with van der Waals surface area (Å²) < 4.78 is 5.45. The molecule has 0 radical (unpaired) electrons. The van der Waals surface area contributed by atoms with E-state index in [4.69, 9.17) is 4.74 Å². The molecule has 1 aromatic heterocycles. The highest BCUT2D eigenvalue weighted by Crippen LogP contribution is 2.36. The first-order valence-electron chi connectivity index (χ1n) is 10.8. The molecule has 5 rings (SSSR count). The molecule has 5 heteroatoms. The van der Waals surface area contributed by atoms with Gasteiger partial charge in [0, 0.05) is 46.5 Å². The molecule has 1 saturated heterocycles. The summed E-state index contributed by atoms with van der Waals surface area (Å²) in [6, 6.07) is 14.0. The fourth-order valence-corrected chi connectivity index (χ4v) is 4.69. The van der Waals surface area contributed by atoms with Gasteiger partial charge in [0.25, 0.3) is 5.91 Å². The van der Waals surface area contributed by atoms with Crippen LogP contribution in [0.25, 0.3) is 16.5 Å². The maximum atomic E-state index is 12.7. The van der Waals surface area contributed by atoms with E-state index in [1.54, 1.807) is 12.1 Å². The highest BCUT2D eigenvalue weighted by molar-refractivity contribution is 6.05. The van der Waals surface area contributed by atoms with Crippen LogP contribution in [-0.2, 0) is 0 Å². The number of nitrogens with zero attached hydrogens (tertiary/aromatic N) is 1. The van der Waals surface area contributed by atoms with Gasteiger partial charge in [0.2, 0.25) is 0 Å². The third kappa shape index (κ3) is 3.61. The molecule has 2 N–H and O–H groups in total. The normalized spacial score (nSPS) is 18.8. The molecule has 3 aromatic rings. The average molecular weight is 402 g/mol. The number of hydrogen-bond donors (Lipinski definition) is 2. The Kier molecular flexibility index (Phi) is 5.05. The molecule has 0 aliphatic carbocycles. The number of aromatic nitrogens is 1. The topological polar surface area (TPSA) is 57.4 Å². The molecule has 3 heterocycles. The highest BCUT2D eigenvalue weighted by atomic mass is 16.5. The van der Waals surface area contributed by atoms with Crippen molar-refractivity contribution < 1.29 is 9.53 Å². The molecule has 5 nitrogen and oxygen atoms in total. The minimum atomic E-state index is -0.118. The molecule has 1 fully saturated rings. The van der Waals surface area contributed by atoms with Crippen LogP contribution in [0.1, 0.15) is 42.1 Å². The Morgan fingerprint density at radius 1 is 1.23 bits per heavy atom. The molecule has 2 aliphatic rings. The van der Waals surface area contributed by atoms with Crippen molar-refractivity contribution in [2.75, 3.05) is 25.0 Å². The van der Waals surface area contributed by atoms with E-state index in [1.807, 2.05) is 31.2 Å². The minimum absolute atomic E-state index is 0.118. The SMILES string of the molecule is CCOc1ccc(C(=O)Nc2ccc3[nH]cc(C4=CCN5CCCC5C4)c3c2)cc1. The second kappa shape index (κ2) is 8.00. The number of aromatic amines is 1. The number of amides is 1. The van der Waals surface area contributed by atoms with Gasteiger partial charge in [0.05, 0.1) is 6.61 Å². The van der Waals surface area contributed by atoms with E-state index in [-0.39, 0.29) is 5.91 Å². The monoisotopic (exact) mass is 401 g/mol. The van der Waals surface area contributed by atoms with Gasteiger partial charge in [-0.15, -0.1) is 0 Å². The molecule has 0 spiro atoms. The number of nitrogens with one attached hydrogen (secondary N) is 2. The minimum Gasteiger partial charge on any atom is -0.494 e. The predicted octanol–water partition coefficient (Wildman–Crippen LogP) is 5.07. The van der Waals surface area contributed by atoms with Crippen LogP contribution in [0.2, 0.25) is 0 Å². The lowest BCUT2D eigenvalue weighted by atomic mass is 9.94. The van der Waals surface area contributed by atoms with Crippen LogP contribution in [0.5, 0.6) is 5.75 Å². The zero-order valence-corrected chi connectivity index (χ0v) is 17.3. The molecule has 0 bridgehead atoms. The summed E-state index contributed by atoms with van der Waals surface area (Å²) in [7, 11) is 0. The molecule has 154 valence electrons. The summed E-state index contributed by atoms with van der Waals surface area (Å²) >= 11 is 0. The largest absolute Gasteiger partial charge is 0.494 e. The number of carbonyl (C=O) groups excluding carboxylic acids is 1. The molecule has 0 saturated carbocycles. The Bertz CT molecular complexity index is 1100. The Morgan fingerprint density at radius 3 is 2.93 bits per heavy atom. The number of hydrogen-bond acceptors (Lipinski definition) is 3. The molecule has 2 aliphatic heterocycles. The van der Waals surface area contributed by atoms with Gasteiger partial charge < -0.3 is 15.0 Å². The van der Waals surface area contributed by atoms with Crippen molar-refractivity contribution in [2.45, 2.75) is 32.2 Å². The summed E-state index contributed by atoms with van der Waals surface area (Å²) in [5.41, 5.74) is 5.19. The van der Waals surface area contributed by atoms with E-state index in [0.29, 0.717) is 18.2 Å². The molecule has 1 amide bonds. The smallest absolute Gasteiger partial charge is 0.255 e. The van der Waals surface area contributed by atoms with Crippen molar-refractivity contribution >= 4 is 28.1 Å². The predicted molar refractivity (Wildman–Crippen MR) is 121 cm³/mol. The fourth-order valence-electron chi connectivity index (χ4n) is 4.69. The molecule has 1 atom stereocenters. The van der Waals surface area contributed by atoms with Crippen molar-refractivity contribution in [2.24, 2.45) is 0 Å². The summed E-state index contributed by atoms with van der Waals surface area (Å²) in [5, 5.41) is 4.20. The number of ether oxygens (including phenoxy) is 1. The molecule has 1 unspecified atom stereocenters. The van der Waals surface area contributed by atoms with Gasteiger partial charge in [-0.2, -0.15) is 0 Å². The average Bonchev–Trinajstić information content (AvgIpc) is 3.40. The van der Waals surface area contributed by atoms with Crippen molar-refractivity contribution in [1.82, 2.24) is 9.88 Å². The summed E-state index contributed by atoms with van der Waals surface area (Å²) in [4.78, 5) is 18.7. The molecular weight excluding hydrogens is 374 g/mol. The van der Waals surface area contributed by atoms with Crippen LogP contribution in [0, 0.1) is 0 Å². The van der Waals surface area contributed by atoms with Gasteiger partial charge in [-0.1, -0.05) is 6.08 Å². The Balaban J connectivity index is 1.37. The number of rotatable bonds is 5. The van der Waals surface area contributed by atoms with Crippen LogP contribution in [0.15, 0.2) is 54.7 Å². The number of fused-ring (bicyclic) bond motifs is 2. The highest BCUT2D eigenvalue weighted by Gasteiger charge is 2.28. The maximum absolute atomic E-state index is 12.7. The molecular formula is C25H27N3O2. The van der Waals surface area contributed by atoms with Gasteiger partial charge >= 0.3 is 0 Å². The van der Waals surface area contributed by atoms with Gasteiger partial charge in [-0.25, -0.2) is 0 Å². The zero-order chi connectivity index (χ0) is 20.5. The Hall–Kier alpha value is -3.05.